The van der Waals surface area contributed by atoms with Gasteiger partial charge in [0, 0.05) is 0 Å². The van der Waals surface area contributed by atoms with Crippen LogP contribution >= 0.6 is 0 Å². The fourth-order valence-corrected chi connectivity index (χ4v) is 4.57. The third-order valence-electron chi connectivity index (χ3n) is 6.84. The van der Waals surface area contributed by atoms with Crippen LogP contribution in [0.2, 0.25) is 0 Å². The summed E-state index contributed by atoms with van der Waals surface area (Å²) >= 11 is 0. The van der Waals surface area contributed by atoms with Crippen LogP contribution in [0.1, 0.15) is 44.5 Å². The molecule has 0 amide bonds. The Hall–Kier alpha value is -3.90. The Bertz CT molecular complexity index is 1420. The first-order valence-corrected chi connectivity index (χ1v) is 11.9. The third-order valence-corrected chi connectivity index (χ3v) is 6.84. The lowest BCUT2D eigenvalue weighted by molar-refractivity contribution is 1.41. The molecule has 0 saturated heterocycles. The average molecular weight is 439 g/mol. The standard InChI is InChI=1S/C34H30/c1-23-5-9-27(10-6-23)13-15-29-17-19-31-32-20-18-30(16-14-28-11-7-24(2)8-12-28)22-34(32)26(4)25(3)33(31)21-29/h5-22H,1-4H3/b15-13+,16-14+. The van der Waals surface area contributed by atoms with E-state index < -0.39 is 0 Å². The van der Waals surface area contributed by atoms with Crippen LogP contribution in [0.15, 0.2) is 84.9 Å². The second kappa shape index (κ2) is 9.15. The Balaban J connectivity index is 1.52. The highest BCUT2D eigenvalue weighted by Gasteiger charge is 2.09. The highest BCUT2D eigenvalue weighted by atomic mass is 14.1. The van der Waals surface area contributed by atoms with Gasteiger partial charge in [0.05, 0.1) is 0 Å². The number of rotatable bonds is 4. The zero-order valence-electron chi connectivity index (χ0n) is 20.4. The summed E-state index contributed by atoms with van der Waals surface area (Å²) in [5, 5.41) is 5.30. The summed E-state index contributed by atoms with van der Waals surface area (Å²) in [5.41, 5.74) is 10.2. The van der Waals surface area contributed by atoms with Crippen LogP contribution in [0.3, 0.4) is 0 Å². The van der Waals surface area contributed by atoms with Crippen molar-refractivity contribution in [3.05, 3.63) is 129 Å². The molecule has 0 aliphatic rings. The third kappa shape index (κ3) is 4.45. The molecular weight excluding hydrogens is 408 g/mol. The van der Waals surface area contributed by atoms with Crippen molar-refractivity contribution in [1.29, 1.82) is 0 Å². The fourth-order valence-electron chi connectivity index (χ4n) is 4.57. The van der Waals surface area contributed by atoms with E-state index in [2.05, 4.69) is 137 Å². The molecule has 34 heavy (non-hydrogen) atoms. The van der Waals surface area contributed by atoms with Crippen LogP contribution in [-0.4, -0.2) is 0 Å². The molecule has 5 rings (SSSR count). The van der Waals surface area contributed by atoms with Gasteiger partial charge in [0.2, 0.25) is 0 Å². The zero-order valence-corrected chi connectivity index (χ0v) is 20.4. The SMILES string of the molecule is Cc1ccc(/C=C/c2ccc3c(c2)c(C)c(C)c2cc(/C=C/c4ccc(C)cc4)ccc23)cc1. The summed E-state index contributed by atoms with van der Waals surface area (Å²) in [6, 6.07) is 31.0. The van der Waals surface area contributed by atoms with E-state index in [9.17, 15) is 0 Å². The van der Waals surface area contributed by atoms with E-state index in [1.54, 1.807) is 0 Å². The highest BCUT2D eigenvalue weighted by Crippen LogP contribution is 2.34. The van der Waals surface area contributed by atoms with Crippen molar-refractivity contribution in [2.45, 2.75) is 27.7 Å². The van der Waals surface area contributed by atoms with Crippen molar-refractivity contribution in [3.63, 3.8) is 0 Å². The van der Waals surface area contributed by atoms with Crippen LogP contribution in [0.4, 0.5) is 0 Å². The number of hydrogen-bond donors (Lipinski definition) is 0. The van der Waals surface area contributed by atoms with Crippen LogP contribution in [-0.2, 0) is 0 Å². The van der Waals surface area contributed by atoms with Gasteiger partial charge in [-0.25, -0.2) is 0 Å². The summed E-state index contributed by atoms with van der Waals surface area (Å²) in [7, 11) is 0. The van der Waals surface area contributed by atoms with Crippen LogP contribution in [0.5, 0.6) is 0 Å². The highest BCUT2D eigenvalue weighted by molar-refractivity contribution is 6.11. The Labute approximate surface area is 202 Å². The molecular formula is C34H30. The first kappa shape index (κ1) is 21.9. The monoisotopic (exact) mass is 438 g/mol. The number of aryl methyl sites for hydroxylation is 4. The molecule has 5 aromatic rings. The molecule has 166 valence electrons. The smallest absolute Gasteiger partial charge is 0.0102 e. The van der Waals surface area contributed by atoms with Gasteiger partial charge >= 0.3 is 0 Å². The Morgan fingerprint density at radius 1 is 0.353 bits per heavy atom. The molecule has 0 fully saturated rings. The predicted octanol–water partition coefficient (Wildman–Crippen LogP) is 9.57. The van der Waals surface area contributed by atoms with Gasteiger partial charge in [-0.3, -0.25) is 0 Å². The van der Waals surface area contributed by atoms with Gasteiger partial charge in [-0.2, -0.15) is 0 Å². The molecule has 0 spiro atoms. The Morgan fingerprint density at radius 2 is 0.676 bits per heavy atom. The van der Waals surface area contributed by atoms with Gasteiger partial charge in [0.25, 0.3) is 0 Å². The second-order valence-corrected chi connectivity index (χ2v) is 9.35. The lowest BCUT2D eigenvalue weighted by Crippen LogP contribution is -1.90. The van der Waals surface area contributed by atoms with Crippen molar-refractivity contribution < 1.29 is 0 Å². The van der Waals surface area contributed by atoms with Crippen molar-refractivity contribution >= 4 is 45.8 Å². The molecule has 0 aliphatic heterocycles. The van der Waals surface area contributed by atoms with E-state index in [4.69, 9.17) is 0 Å². The largest absolute Gasteiger partial charge is 0.0587 e. The van der Waals surface area contributed by atoms with E-state index in [1.165, 1.54) is 66.1 Å². The molecule has 0 unspecified atom stereocenters. The number of benzene rings is 5. The second-order valence-electron chi connectivity index (χ2n) is 9.35. The van der Waals surface area contributed by atoms with Crippen LogP contribution in [0.25, 0.3) is 45.8 Å². The van der Waals surface area contributed by atoms with E-state index in [1.807, 2.05) is 0 Å². The molecule has 0 saturated carbocycles. The molecule has 0 atom stereocenters. The van der Waals surface area contributed by atoms with Gasteiger partial charge in [0.15, 0.2) is 0 Å². The van der Waals surface area contributed by atoms with Crippen molar-refractivity contribution in [3.8, 4) is 0 Å². The topological polar surface area (TPSA) is 0 Å². The van der Waals surface area contributed by atoms with Gasteiger partial charge in [-0.05, 0) is 94.8 Å². The first-order chi connectivity index (χ1) is 16.5. The summed E-state index contributed by atoms with van der Waals surface area (Å²) in [6.07, 6.45) is 8.80. The fraction of sp³-hybridized carbons (Fsp3) is 0.118. The van der Waals surface area contributed by atoms with Gasteiger partial charge in [-0.1, -0.05) is 108 Å². The normalized spacial score (nSPS) is 11.9. The maximum atomic E-state index is 2.33. The molecule has 0 bridgehead atoms. The van der Waals surface area contributed by atoms with Crippen molar-refractivity contribution in [1.82, 2.24) is 0 Å². The minimum Gasteiger partial charge on any atom is -0.0587 e. The number of fused-ring (bicyclic) bond motifs is 3. The van der Waals surface area contributed by atoms with Crippen LogP contribution in [0, 0.1) is 27.7 Å². The van der Waals surface area contributed by atoms with E-state index in [0.717, 1.165) is 0 Å². The summed E-state index contributed by atoms with van der Waals surface area (Å²) < 4.78 is 0. The van der Waals surface area contributed by atoms with E-state index >= 15 is 0 Å². The Kier molecular flexibility index (Phi) is 5.90. The number of hydrogen-bond acceptors (Lipinski definition) is 0. The minimum absolute atomic E-state index is 1.23. The lowest BCUT2D eigenvalue weighted by Gasteiger charge is -2.13. The average Bonchev–Trinajstić information content (AvgIpc) is 2.86. The summed E-state index contributed by atoms with van der Waals surface area (Å²) in [5.74, 6) is 0. The van der Waals surface area contributed by atoms with Gasteiger partial charge in [-0.15, -0.1) is 0 Å². The maximum Gasteiger partial charge on any atom is -0.0102 e. The summed E-state index contributed by atoms with van der Waals surface area (Å²) in [6.45, 7) is 8.74. The molecule has 0 heteroatoms. The predicted molar refractivity (Wildman–Crippen MR) is 151 cm³/mol. The molecule has 0 aliphatic carbocycles. The molecule has 0 radical (unpaired) electrons. The summed E-state index contributed by atoms with van der Waals surface area (Å²) in [4.78, 5) is 0. The molecule has 0 N–H and O–H groups in total. The van der Waals surface area contributed by atoms with Gasteiger partial charge < -0.3 is 0 Å². The molecule has 0 heterocycles. The molecule has 5 aromatic carbocycles. The maximum absolute atomic E-state index is 2.33. The minimum atomic E-state index is 1.23. The van der Waals surface area contributed by atoms with Crippen LogP contribution < -0.4 is 0 Å². The van der Waals surface area contributed by atoms with Gasteiger partial charge in [0.1, 0.15) is 0 Å². The van der Waals surface area contributed by atoms with Crippen molar-refractivity contribution in [2.24, 2.45) is 0 Å². The quantitative estimate of drug-likeness (QED) is 0.193. The molecule has 0 nitrogen and oxygen atoms in total. The Morgan fingerprint density at radius 3 is 1.06 bits per heavy atom. The van der Waals surface area contributed by atoms with E-state index in [-0.39, 0.29) is 0 Å². The van der Waals surface area contributed by atoms with E-state index in [0.29, 0.717) is 0 Å². The first-order valence-electron chi connectivity index (χ1n) is 11.9. The molecule has 0 aromatic heterocycles. The van der Waals surface area contributed by atoms with Crippen molar-refractivity contribution in [2.75, 3.05) is 0 Å². The lowest BCUT2D eigenvalue weighted by atomic mass is 9.91. The zero-order chi connectivity index (χ0) is 23.7.